The summed E-state index contributed by atoms with van der Waals surface area (Å²) in [5.74, 6) is 3.16. The molecule has 1 aliphatic heterocycles. The molecule has 4 rings (SSSR count). The van der Waals surface area contributed by atoms with Gasteiger partial charge in [0.1, 0.15) is 17.6 Å². The van der Waals surface area contributed by atoms with Crippen LogP contribution in [0.3, 0.4) is 0 Å². The lowest BCUT2D eigenvalue weighted by atomic mass is 9.83. The summed E-state index contributed by atoms with van der Waals surface area (Å²) in [4.78, 5) is 15.0. The number of carbonyl (C=O) groups is 1. The van der Waals surface area contributed by atoms with Crippen molar-refractivity contribution in [2.24, 2.45) is 23.5 Å². The van der Waals surface area contributed by atoms with Crippen LogP contribution in [0, 0.1) is 17.8 Å². The van der Waals surface area contributed by atoms with Crippen LogP contribution >= 0.6 is 0 Å². The lowest BCUT2D eigenvalue weighted by Gasteiger charge is -2.37. The van der Waals surface area contributed by atoms with Crippen molar-refractivity contribution in [2.75, 3.05) is 20.2 Å². The molecule has 0 radical (unpaired) electrons. The number of carbonyl (C=O) groups excluding carboxylic acids is 1. The van der Waals surface area contributed by atoms with E-state index in [1.807, 2.05) is 29.2 Å². The first kappa shape index (κ1) is 16.7. The molecule has 5 heteroatoms. The van der Waals surface area contributed by atoms with Gasteiger partial charge in [0, 0.05) is 32.0 Å². The fourth-order valence-corrected chi connectivity index (χ4v) is 4.95. The molecule has 2 N–H and O–H groups in total. The summed E-state index contributed by atoms with van der Waals surface area (Å²) in [6, 6.07) is 7.77. The number of amides is 1. The van der Waals surface area contributed by atoms with E-state index in [-0.39, 0.29) is 18.1 Å². The number of rotatable bonds is 4. The molecule has 136 valence electrons. The van der Waals surface area contributed by atoms with Gasteiger partial charge in [0.15, 0.2) is 0 Å². The SMILES string of the molecule is COc1ccc(OC2CCN(C(=O)[C@@H]3[C@@H]4CC[C@@H](C4)[C@@H]3N)CC2)cc1. The van der Waals surface area contributed by atoms with Crippen molar-refractivity contribution in [2.45, 2.75) is 44.2 Å². The van der Waals surface area contributed by atoms with Gasteiger partial charge in [-0.3, -0.25) is 4.79 Å². The fourth-order valence-electron chi connectivity index (χ4n) is 4.95. The lowest BCUT2D eigenvalue weighted by Crippen LogP contribution is -2.50. The Labute approximate surface area is 149 Å². The third-order valence-electron chi connectivity index (χ3n) is 6.38. The van der Waals surface area contributed by atoms with Gasteiger partial charge in [-0.15, -0.1) is 0 Å². The van der Waals surface area contributed by atoms with Crippen molar-refractivity contribution in [1.82, 2.24) is 4.90 Å². The number of benzene rings is 1. The number of methoxy groups -OCH3 is 1. The molecule has 25 heavy (non-hydrogen) atoms. The van der Waals surface area contributed by atoms with Crippen molar-refractivity contribution in [3.63, 3.8) is 0 Å². The topological polar surface area (TPSA) is 64.8 Å². The standard InChI is InChI=1S/C20H28N2O3/c1-24-15-4-6-16(7-5-15)25-17-8-10-22(11-9-17)20(23)18-13-2-3-14(12-13)19(18)21/h4-7,13-14,17-19H,2-3,8-12,21H2,1H3/t13-,14+,18-,19+/m1/s1. The molecule has 0 spiro atoms. The van der Waals surface area contributed by atoms with Crippen molar-refractivity contribution in [3.05, 3.63) is 24.3 Å². The maximum absolute atomic E-state index is 12.9. The van der Waals surface area contributed by atoms with E-state index in [1.165, 1.54) is 12.8 Å². The Kier molecular flexibility index (Phi) is 4.59. The molecular weight excluding hydrogens is 316 g/mol. The Morgan fingerprint density at radius 2 is 1.68 bits per heavy atom. The van der Waals surface area contributed by atoms with Crippen LogP contribution in [0.1, 0.15) is 32.1 Å². The number of piperidine rings is 1. The first-order chi connectivity index (χ1) is 12.2. The zero-order chi connectivity index (χ0) is 17.4. The van der Waals surface area contributed by atoms with Crippen LogP contribution in [-0.4, -0.2) is 43.2 Å². The van der Waals surface area contributed by atoms with Gasteiger partial charge in [0.05, 0.1) is 13.0 Å². The fraction of sp³-hybridized carbons (Fsp3) is 0.650. The van der Waals surface area contributed by atoms with E-state index in [1.54, 1.807) is 7.11 Å². The van der Waals surface area contributed by atoms with E-state index in [4.69, 9.17) is 15.2 Å². The number of nitrogens with two attached hydrogens (primary N) is 1. The van der Waals surface area contributed by atoms with Gasteiger partial charge in [-0.25, -0.2) is 0 Å². The minimum absolute atomic E-state index is 0.0674. The Bertz CT molecular complexity index is 608. The number of likely N-dealkylation sites (tertiary alicyclic amines) is 1. The van der Waals surface area contributed by atoms with E-state index in [0.29, 0.717) is 17.7 Å². The van der Waals surface area contributed by atoms with Crippen LogP contribution < -0.4 is 15.2 Å². The summed E-state index contributed by atoms with van der Waals surface area (Å²) in [5.41, 5.74) is 6.34. The van der Waals surface area contributed by atoms with E-state index >= 15 is 0 Å². The highest BCUT2D eigenvalue weighted by atomic mass is 16.5. The van der Waals surface area contributed by atoms with E-state index < -0.39 is 0 Å². The normalized spacial score (nSPS) is 32.0. The van der Waals surface area contributed by atoms with Gasteiger partial charge in [-0.2, -0.15) is 0 Å². The quantitative estimate of drug-likeness (QED) is 0.911. The molecule has 0 aromatic heterocycles. The second-order valence-corrected chi connectivity index (χ2v) is 7.75. The Morgan fingerprint density at radius 1 is 1.04 bits per heavy atom. The largest absolute Gasteiger partial charge is 0.497 e. The smallest absolute Gasteiger partial charge is 0.227 e. The maximum atomic E-state index is 12.9. The minimum atomic E-state index is 0.0674. The second kappa shape index (κ2) is 6.87. The van der Waals surface area contributed by atoms with Gasteiger partial charge >= 0.3 is 0 Å². The zero-order valence-electron chi connectivity index (χ0n) is 14.9. The lowest BCUT2D eigenvalue weighted by molar-refractivity contribution is -0.139. The third-order valence-corrected chi connectivity index (χ3v) is 6.38. The summed E-state index contributed by atoms with van der Waals surface area (Å²) in [6.07, 6.45) is 5.50. The Balaban J connectivity index is 1.30. The Hall–Kier alpha value is -1.75. The van der Waals surface area contributed by atoms with E-state index in [0.717, 1.165) is 43.9 Å². The van der Waals surface area contributed by atoms with Gasteiger partial charge in [0.25, 0.3) is 0 Å². The van der Waals surface area contributed by atoms with Crippen molar-refractivity contribution >= 4 is 5.91 Å². The van der Waals surface area contributed by atoms with Crippen LogP contribution in [0.25, 0.3) is 0 Å². The van der Waals surface area contributed by atoms with Crippen LogP contribution in [-0.2, 0) is 4.79 Å². The summed E-state index contributed by atoms with van der Waals surface area (Å²) < 4.78 is 11.2. The molecular formula is C20H28N2O3. The van der Waals surface area contributed by atoms with Gasteiger partial charge < -0.3 is 20.1 Å². The molecule has 4 atom stereocenters. The highest BCUT2D eigenvalue weighted by Gasteiger charge is 2.50. The van der Waals surface area contributed by atoms with Gasteiger partial charge in [-0.05, 0) is 55.4 Å². The summed E-state index contributed by atoms with van der Waals surface area (Å²) in [5, 5.41) is 0. The summed E-state index contributed by atoms with van der Waals surface area (Å²) in [7, 11) is 1.66. The number of hydrogen-bond acceptors (Lipinski definition) is 4. The Morgan fingerprint density at radius 3 is 2.28 bits per heavy atom. The molecule has 3 aliphatic rings. The predicted octanol–water partition coefficient (Wildman–Crippen LogP) is 2.44. The van der Waals surface area contributed by atoms with E-state index in [9.17, 15) is 4.79 Å². The number of nitrogens with zero attached hydrogens (tertiary/aromatic N) is 1. The maximum Gasteiger partial charge on any atom is 0.227 e. The molecule has 1 amide bonds. The summed E-state index contributed by atoms with van der Waals surface area (Å²) >= 11 is 0. The second-order valence-electron chi connectivity index (χ2n) is 7.75. The van der Waals surface area contributed by atoms with Crippen molar-refractivity contribution < 1.29 is 14.3 Å². The monoisotopic (exact) mass is 344 g/mol. The first-order valence-electron chi connectivity index (χ1n) is 9.51. The molecule has 2 bridgehead atoms. The molecule has 0 unspecified atom stereocenters. The van der Waals surface area contributed by atoms with Gasteiger partial charge in [0.2, 0.25) is 5.91 Å². The molecule has 1 saturated heterocycles. The van der Waals surface area contributed by atoms with Crippen LogP contribution in [0.2, 0.25) is 0 Å². The average Bonchev–Trinajstić information content (AvgIpc) is 3.24. The first-order valence-corrected chi connectivity index (χ1v) is 9.51. The van der Waals surface area contributed by atoms with Crippen LogP contribution in [0.5, 0.6) is 11.5 Å². The molecule has 5 nitrogen and oxygen atoms in total. The number of ether oxygens (including phenoxy) is 2. The number of fused-ring (bicyclic) bond motifs is 2. The third kappa shape index (κ3) is 3.22. The molecule has 3 fully saturated rings. The van der Waals surface area contributed by atoms with E-state index in [2.05, 4.69) is 0 Å². The summed E-state index contributed by atoms with van der Waals surface area (Å²) in [6.45, 7) is 1.56. The molecule has 1 heterocycles. The molecule has 1 aromatic rings. The zero-order valence-corrected chi connectivity index (χ0v) is 14.9. The average molecular weight is 344 g/mol. The van der Waals surface area contributed by atoms with Crippen LogP contribution in [0.4, 0.5) is 0 Å². The highest BCUT2D eigenvalue weighted by Crippen LogP contribution is 2.48. The molecule has 1 aromatic carbocycles. The van der Waals surface area contributed by atoms with Crippen molar-refractivity contribution in [3.8, 4) is 11.5 Å². The molecule has 2 aliphatic carbocycles. The molecule has 2 saturated carbocycles. The minimum Gasteiger partial charge on any atom is -0.497 e. The van der Waals surface area contributed by atoms with Gasteiger partial charge in [-0.1, -0.05) is 0 Å². The predicted molar refractivity (Wildman–Crippen MR) is 95.5 cm³/mol. The van der Waals surface area contributed by atoms with Crippen LogP contribution in [0.15, 0.2) is 24.3 Å². The highest BCUT2D eigenvalue weighted by molar-refractivity contribution is 5.80. The van der Waals surface area contributed by atoms with Crippen molar-refractivity contribution in [1.29, 1.82) is 0 Å². The number of hydrogen-bond donors (Lipinski definition) is 1.